The molecule has 3 nitrogen and oxygen atoms in total. The van der Waals surface area contributed by atoms with Crippen LogP contribution in [0.1, 0.15) is 23.2 Å². The average molecular weight is 319 g/mol. The van der Waals surface area contributed by atoms with Gasteiger partial charge in [0.2, 0.25) is 0 Å². The van der Waals surface area contributed by atoms with Gasteiger partial charge >= 0.3 is 0 Å². The number of aliphatic hydroxyl groups is 1. The molecule has 0 spiro atoms. The second-order valence-corrected chi connectivity index (χ2v) is 5.44. The maximum Gasteiger partial charge on any atom is 0.253 e. The lowest BCUT2D eigenvalue weighted by molar-refractivity contribution is 0.0474. The van der Waals surface area contributed by atoms with E-state index in [4.69, 9.17) is 11.6 Å². The molecule has 1 N–H and O–H groups in total. The highest BCUT2D eigenvalue weighted by Crippen LogP contribution is 2.24. The molecule has 1 saturated heterocycles. The van der Waals surface area contributed by atoms with Crippen LogP contribution in [0.15, 0.2) is 22.7 Å². The van der Waals surface area contributed by atoms with Crippen molar-refractivity contribution < 1.29 is 9.90 Å². The van der Waals surface area contributed by atoms with Crippen molar-refractivity contribution in [3.8, 4) is 0 Å². The number of halogens is 2. The van der Waals surface area contributed by atoms with Gasteiger partial charge in [-0.1, -0.05) is 11.6 Å². The lowest BCUT2D eigenvalue weighted by Gasteiger charge is -2.30. The molecule has 0 radical (unpaired) electrons. The van der Waals surface area contributed by atoms with Gasteiger partial charge in [-0.15, -0.1) is 0 Å². The minimum atomic E-state index is -0.404. The van der Waals surface area contributed by atoms with Crippen LogP contribution in [0.25, 0.3) is 0 Å². The summed E-state index contributed by atoms with van der Waals surface area (Å²) < 4.78 is 0.773. The van der Waals surface area contributed by atoms with Crippen molar-refractivity contribution in [3.05, 3.63) is 33.3 Å². The molecule has 1 heterocycles. The number of rotatable bonds is 1. The smallest absolute Gasteiger partial charge is 0.253 e. The number of likely N-dealkylation sites (tertiary alicyclic amines) is 1. The Kier molecular flexibility index (Phi) is 4.07. The Labute approximate surface area is 114 Å². The molecule has 1 aromatic carbocycles. The summed E-state index contributed by atoms with van der Waals surface area (Å²) in [5.74, 6) is -0.0712. The number of hydrogen-bond donors (Lipinski definition) is 1. The van der Waals surface area contributed by atoms with Gasteiger partial charge in [0.05, 0.1) is 11.1 Å². The molecule has 1 amide bonds. The van der Waals surface area contributed by atoms with E-state index in [1.165, 1.54) is 0 Å². The van der Waals surface area contributed by atoms with E-state index in [-0.39, 0.29) is 5.91 Å². The fourth-order valence-corrected chi connectivity index (χ4v) is 2.38. The molecule has 0 aliphatic carbocycles. The van der Waals surface area contributed by atoms with Crippen LogP contribution in [0.4, 0.5) is 0 Å². The minimum absolute atomic E-state index is 0.0712. The lowest BCUT2D eigenvalue weighted by atomic mass is 10.1. The number of carbonyl (C=O) groups is 1. The number of carbonyl (C=O) groups excluding carboxylic acids is 1. The van der Waals surface area contributed by atoms with Gasteiger partial charge in [0.15, 0.2) is 0 Å². The summed E-state index contributed by atoms with van der Waals surface area (Å²) in [6.07, 6.45) is 1.21. The van der Waals surface area contributed by atoms with E-state index in [2.05, 4.69) is 15.9 Å². The van der Waals surface area contributed by atoms with Gasteiger partial charge in [0, 0.05) is 23.1 Å². The van der Waals surface area contributed by atoms with E-state index in [9.17, 15) is 9.90 Å². The summed E-state index contributed by atoms with van der Waals surface area (Å²) in [6, 6.07) is 5.14. The van der Waals surface area contributed by atoms with Gasteiger partial charge in [0.1, 0.15) is 0 Å². The fraction of sp³-hybridized carbons (Fsp3) is 0.417. The Bertz CT molecular complexity index is 439. The monoisotopic (exact) mass is 317 g/mol. The third-order valence-corrected chi connectivity index (χ3v) is 4.08. The number of aliphatic hydroxyl groups excluding tert-OH is 1. The van der Waals surface area contributed by atoms with Gasteiger partial charge in [-0.2, -0.15) is 0 Å². The van der Waals surface area contributed by atoms with Crippen molar-refractivity contribution in [3.63, 3.8) is 0 Å². The molecule has 17 heavy (non-hydrogen) atoms. The number of hydrogen-bond acceptors (Lipinski definition) is 2. The molecule has 5 heteroatoms. The van der Waals surface area contributed by atoms with Crippen molar-refractivity contribution in [2.24, 2.45) is 0 Å². The zero-order valence-electron chi connectivity index (χ0n) is 9.20. The molecule has 1 aromatic rings. The van der Waals surface area contributed by atoms with Crippen LogP contribution in [-0.2, 0) is 0 Å². The van der Waals surface area contributed by atoms with Gasteiger partial charge < -0.3 is 10.0 Å². The van der Waals surface area contributed by atoms with Crippen molar-refractivity contribution in [2.75, 3.05) is 13.1 Å². The van der Waals surface area contributed by atoms with Gasteiger partial charge in [0.25, 0.3) is 5.91 Å². The Morgan fingerprint density at radius 3 is 2.94 bits per heavy atom. The molecule has 1 aliphatic heterocycles. The van der Waals surface area contributed by atoms with Crippen LogP contribution in [0.2, 0.25) is 5.02 Å². The molecule has 1 fully saturated rings. The number of amides is 1. The Morgan fingerprint density at radius 2 is 2.29 bits per heavy atom. The van der Waals surface area contributed by atoms with Crippen molar-refractivity contribution in [1.82, 2.24) is 4.90 Å². The number of nitrogens with zero attached hydrogens (tertiary/aromatic N) is 1. The Hall–Kier alpha value is -0.580. The summed E-state index contributed by atoms with van der Waals surface area (Å²) >= 11 is 9.25. The van der Waals surface area contributed by atoms with Crippen molar-refractivity contribution >= 4 is 33.4 Å². The predicted octanol–water partition coefficient (Wildman–Crippen LogP) is 2.70. The van der Waals surface area contributed by atoms with E-state index in [0.29, 0.717) is 23.7 Å². The fourth-order valence-electron chi connectivity index (χ4n) is 1.95. The molecule has 1 aliphatic rings. The highest BCUT2D eigenvalue weighted by molar-refractivity contribution is 9.10. The average Bonchev–Trinajstić information content (AvgIpc) is 2.32. The van der Waals surface area contributed by atoms with Crippen LogP contribution >= 0.6 is 27.5 Å². The van der Waals surface area contributed by atoms with Crippen molar-refractivity contribution in [2.45, 2.75) is 18.9 Å². The van der Waals surface area contributed by atoms with Crippen LogP contribution in [-0.4, -0.2) is 35.1 Å². The van der Waals surface area contributed by atoms with Gasteiger partial charge in [-0.3, -0.25) is 4.79 Å². The summed E-state index contributed by atoms with van der Waals surface area (Å²) in [6.45, 7) is 1.11. The first kappa shape index (κ1) is 12.9. The van der Waals surface area contributed by atoms with E-state index >= 15 is 0 Å². The topological polar surface area (TPSA) is 40.5 Å². The predicted molar refractivity (Wildman–Crippen MR) is 70.3 cm³/mol. The third kappa shape index (κ3) is 3.00. The highest BCUT2D eigenvalue weighted by Gasteiger charge is 2.23. The quantitative estimate of drug-likeness (QED) is 0.865. The summed E-state index contributed by atoms with van der Waals surface area (Å²) in [5, 5.41) is 10.1. The molecule has 2 rings (SSSR count). The Balaban J connectivity index is 2.15. The zero-order chi connectivity index (χ0) is 12.4. The number of benzene rings is 1. The summed E-state index contributed by atoms with van der Waals surface area (Å²) in [7, 11) is 0. The van der Waals surface area contributed by atoms with Crippen LogP contribution in [0, 0.1) is 0 Å². The molecule has 1 atom stereocenters. The first-order valence-electron chi connectivity index (χ1n) is 5.50. The van der Waals surface area contributed by atoms with Gasteiger partial charge in [-0.25, -0.2) is 0 Å². The molecule has 0 aromatic heterocycles. The normalized spacial score (nSPS) is 20.4. The van der Waals surface area contributed by atoms with E-state index < -0.39 is 6.10 Å². The summed E-state index contributed by atoms with van der Waals surface area (Å²) in [5.41, 5.74) is 0.562. The molecule has 0 saturated carbocycles. The first-order chi connectivity index (χ1) is 8.08. The van der Waals surface area contributed by atoms with E-state index in [1.54, 1.807) is 23.1 Å². The van der Waals surface area contributed by atoms with E-state index in [0.717, 1.165) is 17.3 Å². The maximum absolute atomic E-state index is 12.1. The molecule has 0 bridgehead atoms. The second-order valence-electron chi connectivity index (χ2n) is 4.18. The van der Waals surface area contributed by atoms with Crippen LogP contribution in [0.5, 0.6) is 0 Å². The minimum Gasteiger partial charge on any atom is -0.391 e. The maximum atomic E-state index is 12.1. The van der Waals surface area contributed by atoms with Gasteiger partial charge in [-0.05, 0) is 47.0 Å². The number of β-amino-alcohol motifs (C(OH)–C–C–N with tert-alkyl or cyclic N) is 1. The molecular weight excluding hydrogens is 305 g/mol. The van der Waals surface area contributed by atoms with Crippen molar-refractivity contribution in [1.29, 1.82) is 0 Å². The highest BCUT2D eigenvalue weighted by atomic mass is 79.9. The number of piperidine rings is 1. The second kappa shape index (κ2) is 5.38. The lowest BCUT2D eigenvalue weighted by Crippen LogP contribution is -2.42. The van der Waals surface area contributed by atoms with E-state index in [1.807, 2.05) is 0 Å². The molecule has 92 valence electrons. The Morgan fingerprint density at radius 1 is 1.53 bits per heavy atom. The molecule has 0 unspecified atom stereocenters. The van der Waals surface area contributed by atoms with Crippen LogP contribution in [0.3, 0.4) is 0 Å². The summed E-state index contributed by atoms with van der Waals surface area (Å²) in [4.78, 5) is 13.8. The largest absolute Gasteiger partial charge is 0.391 e. The standard InChI is InChI=1S/C12H13BrClNO2/c13-10-4-3-8(6-11(10)14)12(17)15-5-1-2-9(16)7-15/h3-4,6,9,16H,1-2,5,7H2/t9-/m0/s1. The van der Waals surface area contributed by atoms with Crippen LogP contribution < -0.4 is 0 Å². The first-order valence-corrected chi connectivity index (χ1v) is 6.67. The SMILES string of the molecule is O=C(c1ccc(Br)c(Cl)c1)N1CCC[C@H](O)C1. The zero-order valence-corrected chi connectivity index (χ0v) is 11.5. The molecular formula is C12H13BrClNO2. The third-order valence-electron chi connectivity index (χ3n) is 2.85.